The van der Waals surface area contributed by atoms with Gasteiger partial charge in [-0.1, -0.05) is 47.5 Å². The molecule has 0 fully saturated rings. The Morgan fingerprint density at radius 3 is 2.63 bits per heavy atom. The molecule has 27 heavy (non-hydrogen) atoms. The number of benzene rings is 2. The highest BCUT2D eigenvalue weighted by Gasteiger charge is 2.22. The lowest BCUT2D eigenvalue weighted by Crippen LogP contribution is -2.36. The number of fused-ring (bicyclic) bond motifs is 1. The molecule has 7 heteroatoms. The van der Waals surface area contributed by atoms with Crippen LogP contribution in [0.3, 0.4) is 0 Å². The molecule has 5 nitrogen and oxygen atoms in total. The van der Waals surface area contributed by atoms with Gasteiger partial charge in [0.15, 0.2) is 0 Å². The third-order valence-electron chi connectivity index (χ3n) is 4.48. The minimum absolute atomic E-state index is 0.121. The van der Waals surface area contributed by atoms with Gasteiger partial charge in [-0.15, -0.1) is 0 Å². The number of nitrogens with zero attached hydrogens (tertiary/aromatic N) is 3. The van der Waals surface area contributed by atoms with Crippen LogP contribution in [0.15, 0.2) is 54.9 Å². The van der Waals surface area contributed by atoms with E-state index in [1.807, 2.05) is 12.1 Å². The van der Waals surface area contributed by atoms with Gasteiger partial charge in [0.25, 0.3) is 5.91 Å². The summed E-state index contributed by atoms with van der Waals surface area (Å²) in [5.74, 6) is 0.365. The van der Waals surface area contributed by atoms with E-state index in [1.54, 1.807) is 23.1 Å². The Morgan fingerprint density at radius 1 is 1.04 bits per heavy atom. The van der Waals surface area contributed by atoms with Crippen molar-refractivity contribution in [3.8, 4) is 0 Å². The van der Waals surface area contributed by atoms with Crippen molar-refractivity contribution in [1.82, 2.24) is 14.9 Å². The molecule has 0 saturated carbocycles. The van der Waals surface area contributed by atoms with Gasteiger partial charge in [-0.25, -0.2) is 9.97 Å². The molecule has 3 aromatic rings. The molecule has 4 rings (SSSR count). The van der Waals surface area contributed by atoms with E-state index in [0.29, 0.717) is 40.3 Å². The van der Waals surface area contributed by atoms with Crippen molar-refractivity contribution in [1.29, 1.82) is 0 Å². The first-order chi connectivity index (χ1) is 13.1. The second-order valence-electron chi connectivity index (χ2n) is 6.28. The van der Waals surface area contributed by atoms with Crippen molar-refractivity contribution >= 4 is 40.6 Å². The highest BCUT2D eigenvalue weighted by Crippen LogP contribution is 2.27. The molecule has 0 aliphatic carbocycles. The summed E-state index contributed by atoms with van der Waals surface area (Å²) >= 11 is 12.1. The van der Waals surface area contributed by atoms with E-state index >= 15 is 0 Å². The Balaban J connectivity index is 1.47. The van der Waals surface area contributed by atoms with Crippen LogP contribution in [0.1, 0.15) is 21.6 Å². The maximum Gasteiger partial charge on any atom is 0.274 e. The van der Waals surface area contributed by atoms with Gasteiger partial charge in [-0.3, -0.25) is 4.79 Å². The van der Waals surface area contributed by atoms with Crippen molar-refractivity contribution in [2.45, 2.75) is 13.0 Å². The molecule has 2 aromatic carbocycles. The second kappa shape index (κ2) is 7.55. The summed E-state index contributed by atoms with van der Waals surface area (Å²) in [6, 6.07) is 13.3. The zero-order valence-corrected chi connectivity index (χ0v) is 15.8. The normalized spacial score (nSPS) is 13.2. The van der Waals surface area contributed by atoms with E-state index in [-0.39, 0.29) is 5.91 Å². The third kappa shape index (κ3) is 3.89. The molecule has 2 heterocycles. The minimum Gasteiger partial charge on any atom is -0.338 e. The van der Waals surface area contributed by atoms with Crippen LogP contribution in [0, 0.1) is 0 Å². The molecule has 0 unspecified atom stereocenters. The van der Waals surface area contributed by atoms with Gasteiger partial charge >= 0.3 is 0 Å². The smallest absolute Gasteiger partial charge is 0.274 e. The van der Waals surface area contributed by atoms with Crippen LogP contribution >= 0.6 is 23.2 Å². The third-order valence-corrected chi connectivity index (χ3v) is 5.04. The van der Waals surface area contributed by atoms with E-state index < -0.39 is 0 Å². The van der Waals surface area contributed by atoms with Crippen molar-refractivity contribution in [3.63, 3.8) is 0 Å². The van der Waals surface area contributed by atoms with Crippen LogP contribution in [0.25, 0.3) is 0 Å². The van der Waals surface area contributed by atoms with Gasteiger partial charge < -0.3 is 10.2 Å². The number of nitrogens with one attached hydrogen (secondary N) is 1. The Labute approximate surface area is 167 Å². The zero-order valence-electron chi connectivity index (χ0n) is 14.3. The summed E-state index contributed by atoms with van der Waals surface area (Å²) in [5.41, 5.74) is 3.42. The van der Waals surface area contributed by atoms with Gasteiger partial charge in [0, 0.05) is 18.1 Å². The predicted octanol–water partition coefficient (Wildman–Crippen LogP) is 4.73. The summed E-state index contributed by atoms with van der Waals surface area (Å²) in [7, 11) is 0. The molecule has 0 radical (unpaired) electrons. The van der Waals surface area contributed by atoms with Crippen molar-refractivity contribution in [2.24, 2.45) is 0 Å². The Kier molecular flexibility index (Phi) is 4.97. The number of aromatic nitrogens is 2. The van der Waals surface area contributed by atoms with Crippen molar-refractivity contribution in [3.05, 3.63) is 81.7 Å². The number of anilines is 2. The molecule has 1 amide bonds. The summed E-state index contributed by atoms with van der Waals surface area (Å²) in [6.45, 7) is 1.27. The molecule has 136 valence electrons. The SMILES string of the molecule is O=C(c1cnc(Nc2cc(Cl)ccc2Cl)cn1)N1CCc2ccccc2C1. The number of hydrogen-bond acceptors (Lipinski definition) is 4. The van der Waals surface area contributed by atoms with Gasteiger partial charge in [0.2, 0.25) is 0 Å². The molecule has 0 atom stereocenters. The van der Waals surface area contributed by atoms with E-state index in [0.717, 1.165) is 6.42 Å². The molecule has 0 saturated heterocycles. The molecule has 1 N–H and O–H groups in total. The Morgan fingerprint density at radius 2 is 1.85 bits per heavy atom. The monoisotopic (exact) mass is 398 g/mol. The largest absolute Gasteiger partial charge is 0.338 e. The fourth-order valence-electron chi connectivity index (χ4n) is 3.07. The van der Waals surface area contributed by atoms with Gasteiger partial charge in [0.1, 0.15) is 11.5 Å². The molecular formula is C20H16Cl2N4O. The summed E-state index contributed by atoms with van der Waals surface area (Å²) in [5, 5.41) is 4.14. The van der Waals surface area contributed by atoms with E-state index in [4.69, 9.17) is 23.2 Å². The summed E-state index contributed by atoms with van der Waals surface area (Å²) < 4.78 is 0. The summed E-state index contributed by atoms with van der Waals surface area (Å²) in [4.78, 5) is 23.1. The molecule has 1 aliphatic rings. The van der Waals surface area contributed by atoms with Gasteiger partial charge in [0.05, 0.1) is 23.1 Å². The first-order valence-corrected chi connectivity index (χ1v) is 9.26. The number of rotatable bonds is 3. The lowest BCUT2D eigenvalue weighted by molar-refractivity contribution is 0.0728. The lowest BCUT2D eigenvalue weighted by Gasteiger charge is -2.28. The van der Waals surface area contributed by atoms with E-state index in [2.05, 4.69) is 27.4 Å². The first-order valence-electron chi connectivity index (χ1n) is 8.50. The predicted molar refractivity (Wildman–Crippen MR) is 107 cm³/mol. The van der Waals surface area contributed by atoms with Crippen molar-refractivity contribution in [2.75, 3.05) is 11.9 Å². The minimum atomic E-state index is -0.121. The van der Waals surface area contributed by atoms with E-state index in [1.165, 1.54) is 23.5 Å². The van der Waals surface area contributed by atoms with Crippen LogP contribution < -0.4 is 5.32 Å². The maximum atomic E-state index is 12.7. The number of carbonyl (C=O) groups excluding carboxylic acids is 1. The van der Waals surface area contributed by atoms with Crippen molar-refractivity contribution < 1.29 is 4.79 Å². The first kappa shape index (κ1) is 17.8. The number of amides is 1. The van der Waals surface area contributed by atoms with Crippen LogP contribution in [0.4, 0.5) is 11.5 Å². The van der Waals surface area contributed by atoms with Gasteiger partial charge in [-0.05, 0) is 35.7 Å². The lowest BCUT2D eigenvalue weighted by atomic mass is 10.00. The zero-order chi connectivity index (χ0) is 18.8. The maximum absolute atomic E-state index is 12.7. The number of halogens is 2. The molecule has 1 aliphatic heterocycles. The molecule has 0 bridgehead atoms. The van der Waals surface area contributed by atoms with Crippen LogP contribution in [0.2, 0.25) is 10.0 Å². The molecule has 1 aromatic heterocycles. The van der Waals surface area contributed by atoms with E-state index in [9.17, 15) is 4.79 Å². The fourth-order valence-corrected chi connectivity index (χ4v) is 3.40. The topological polar surface area (TPSA) is 58.1 Å². The molecule has 0 spiro atoms. The highest BCUT2D eigenvalue weighted by molar-refractivity contribution is 6.35. The number of carbonyl (C=O) groups is 1. The average Bonchev–Trinajstić information content (AvgIpc) is 2.70. The van der Waals surface area contributed by atoms with Crippen LogP contribution in [-0.2, 0) is 13.0 Å². The van der Waals surface area contributed by atoms with Gasteiger partial charge in [-0.2, -0.15) is 0 Å². The Bertz CT molecular complexity index is 992. The van der Waals surface area contributed by atoms with Crippen LogP contribution in [-0.4, -0.2) is 27.3 Å². The quantitative estimate of drug-likeness (QED) is 0.692. The fraction of sp³-hybridized carbons (Fsp3) is 0.150. The average molecular weight is 399 g/mol. The van der Waals surface area contributed by atoms with Crippen LogP contribution in [0.5, 0.6) is 0 Å². The number of hydrogen-bond donors (Lipinski definition) is 1. The standard InChI is InChI=1S/C20H16Cl2N4O/c21-15-5-6-16(22)17(9-15)25-19-11-23-18(10-24-19)20(27)26-8-7-13-3-1-2-4-14(13)12-26/h1-6,9-11H,7-8,12H2,(H,24,25). The molecular weight excluding hydrogens is 383 g/mol. The summed E-state index contributed by atoms with van der Waals surface area (Å²) in [6.07, 6.45) is 3.84. The Hall–Kier alpha value is -2.63. The highest BCUT2D eigenvalue weighted by atomic mass is 35.5. The second-order valence-corrected chi connectivity index (χ2v) is 7.13.